The first kappa shape index (κ1) is 9.11. The average molecular weight is 138 g/mol. The highest BCUT2D eigenvalue weighted by molar-refractivity contribution is 5.30. The van der Waals surface area contributed by atoms with E-state index in [0.29, 0.717) is 0 Å². The highest BCUT2D eigenvalue weighted by Gasteiger charge is 1.87. The number of aliphatic imine (C=N–C) groups is 1. The lowest BCUT2D eigenvalue weighted by Crippen LogP contribution is -2.15. The molecule has 0 aromatic rings. The first-order chi connectivity index (χ1) is 4.85. The smallest absolute Gasteiger partial charge is 0.0534 e. The van der Waals surface area contributed by atoms with Crippen LogP contribution in [0.2, 0.25) is 0 Å². The molecule has 0 saturated heterocycles. The zero-order chi connectivity index (χ0) is 7.82. The van der Waals surface area contributed by atoms with Crippen LogP contribution in [0.3, 0.4) is 0 Å². The lowest BCUT2D eigenvalue weighted by molar-refractivity contribution is 0.772. The van der Waals surface area contributed by atoms with E-state index in [9.17, 15) is 0 Å². The van der Waals surface area contributed by atoms with Crippen molar-refractivity contribution in [1.82, 2.24) is 5.32 Å². The standard InChI is InChI=1S/C8H14N2/c1-4-6-8(9-3)7-10-5-2/h4,6,10H,1,3,5,7H2,2H3/b8-6-. The van der Waals surface area contributed by atoms with Crippen molar-refractivity contribution in [1.29, 1.82) is 0 Å². The van der Waals surface area contributed by atoms with E-state index in [0.717, 1.165) is 18.8 Å². The van der Waals surface area contributed by atoms with Gasteiger partial charge in [-0.1, -0.05) is 19.6 Å². The van der Waals surface area contributed by atoms with Crippen LogP contribution < -0.4 is 5.32 Å². The molecule has 0 aliphatic rings. The number of rotatable bonds is 5. The van der Waals surface area contributed by atoms with Crippen LogP contribution in [-0.4, -0.2) is 19.8 Å². The molecule has 1 N–H and O–H groups in total. The van der Waals surface area contributed by atoms with Gasteiger partial charge >= 0.3 is 0 Å². The molecule has 0 bridgehead atoms. The van der Waals surface area contributed by atoms with Crippen molar-refractivity contribution in [3.05, 3.63) is 24.4 Å². The third-order valence-electron chi connectivity index (χ3n) is 1.07. The molecule has 0 atom stereocenters. The molecule has 0 unspecified atom stereocenters. The molecule has 0 aliphatic carbocycles. The van der Waals surface area contributed by atoms with E-state index >= 15 is 0 Å². The summed E-state index contributed by atoms with van der Waals surface area (Å²) in [6.45, 7) is 10.8. The van der Waals surface area contributed by atoms with Crippen LogP contribution >= 0.6 is 0 Å². The Morgan fingerprint density at radius 3 is 2.80 bits per heavy atom. The predicted octanol–water partition coefficient (Wildman–Crippen LogP) is 1.37. The molecule has 0 heterocycles. The summed E-state index contributed by atoms with van der Waals surface area (Å²) >= 11 is 0. The van der Waals surface area contributed by atoms with Crippen LogP contribution in [0.25, 0.3) is 0 Å². The Kier molecular flexibility index (Phi) is 5.68. The molecule has 0 amide bonds. The molecule has 0 aromatic carbocycles. The summed E-state index contributed by atoms with van der Waals surface area (Å²) in [4.78, 5) is 3.79. The van der Waals surface area contributed by atoms with Crippen molar-refractivity contribution >= 4 is 6.72 Å². The minimum atomic E-state index is 0.770. The van der Waals surface area contributed by atoms with Crippen LogP contribution in [0.5, 0.6) is 0 Å². The monoisotopic (exact) mass is 138 g/mol. The Hall–Kier alpha value is -0.890. The van der Waals surface area contributed by atoms with E-state index in [-0.39, 0.29) is 0 Å². The highest BCUT2D eigenvalue weighted by atomic mass is 14.9. The first-order valence-corrected chi connectivity index (χ1v) is 3.34. The van der Waals surface area contributed by atoms with Gasteiger partial charge in [0.1, 0.15) is 0 Å². The Balaban J connectivity index is 3.70. The van der Waals surface area contributed by atoms with Gasteiger partial charge in [0.25, 0.3) is 0 Å². The number of allylic oxidation sites excluding steroid dienone is 2. The summed E-state index contributed by atoms with van der Waals surface area (Å²) in [5, 5.41) is 3.13. The van der Waals surface area contributed by atoms with Crippen LogP contribution in [0.1, 0.15) is 6.92 Å². The number of nitrogens with one attached hydrogen (secondary N) is 1. The number of nitrogens with zero attached hydrogens (tertiary/aromatic N) is 1. The van der Waals surface area contributed by atoms with E-state index in [1.807, 2.05) is 6.08 Å². The molecule has 10 heavy (non-hydrogen) atoms. The lowest BCUT2D eigenvalue weighted by atomic mass is 10.4. The zero-order valence-corrected chi connectivity index (χ0v) is 6.43. The van der Waals surface area contributed by atoms with E-state index in [1.54, 1.807) is 6.08 Å². The summed E-state index contributed by atoms with van der Waals surface area (Å²) < 4.78 is 0. The number of likely N-dealkylation sites (N-methyl/N-ethyl adjacent to an activating group) is 1. The van der Waals surface area contributed by atoms with Crippen LogP contribution in [0.15, 0.2) is 29.4 Å². The Labute approximate surface area is 62.4 Å². The van der Waals surface area contributed by atoms with Gasteiger partial charge in [-0.25, -0.2) is 0 Å². The minimum Gasteiger partial charge on any atom is -0.311 e. The maximum Gasteiger partial charge on any atom is 0.0534 e. The minimum absolute atomic E-state index is 0.770. The zero-order valence-electron chi connectivity index (χ0n) is 6.43. The predicted molar refractivity (Wildman–Crippen MR) is 46.4 cm³/mol. The van der Waals surface area contributed by atoms with Crippen LogP contribution in [0.4, 0.5) is 0 Å². The summed E-state index contributed by atoms with van der Waals surface area (Å²) in [6.07, 6.45) is 3.55. The van der Waals surface area contributed by atoms with E-state index in [2.05, 4.69) is 30.5 Å². The molecule has 0 saturated carbocycles. The molecule has 2 nitrogen and oxygen atoms in total. The second-order valence-electron chi connectivity index (χ2n) is 1.83. The normalized spacial score (nSPS) is 11.1. The van der Waals surface area contributed by atoms with Crippen molar-refractivity contribution in [2.24, 2.45) is 4.99 Å². The second kappa shape index (κ2) is 6.23. The van der Waals surface area contributed by atoms with Gasteiger partial charge in [-0.05, 0) is 19.3 Å². The lowest BCUT2D eigenvalue weighted by Gasteiger charge is -1.99. The average Bonchev–Trinajstić information content (AvgIpc) is 1.98. The maximum absolute atomic E-state index is 3.79. The fraction of sp³-hybridized carbons (Fsp3) is 0.375. The summed E-state index contributed by atoms with van der Waals surface area (Å²) in [5.74, 6) is 0. The molecule has 0 aromatic heterocycles. The summed E-state index contributed by atoms with van der Waals surface area (Å²) in [5.41, 5.74) is 0.928. The van der Waals surface area contributed by atoms with Crippen molar-refractivity contribution < 1.29 is 0 Å². The number of hydrogen-bond donors (Lipinski definition) is 1. The topological polar surface area (TPSA) is 24.4 Å². The van der Waals surface area contributed by atoms with Crippen molar-refractivity contribution in [3.63, 3.8) is 0 Å². The second-order valence-corrected chi connectivity index (χ2v) is 1.83. The van der Waals surface area contributed by atoms with Gasteiger partial charge in [0, 0.05) is 6.54 Å². The molecule has 56 valence electrons. The Morgan fingerprint density at radius 2 is 2.40 bits per heavy atom. The third-order valence-corrected chi connectivity index (χ3v) is 1.07. The first-order valence-electron chi connectivity index (χ1n) is 3.34. The Bertz CT molecular complexity index is 136. The van der Waals surface area contributed by atoms with Crippen molar-refractivity contribution in [3.8, 4) is 0 Å². The SMILES string of the molecule is C=C/C=C(/CNCC)N=C. The highest BCUT2D eigenvalue weighted by Crippen LogP contribution is 1.91. The van der Waals surface area contributed by atoms with E-state index < -0.39 is 0 Å². The molecule has 2 heteroatoms. The molecule has 0 rings (SSSR count). The van der Waals surface area contributed by atoms with Crippen LogP contribution in [-0.2, 0) is 0 Å². The third kappa shape index (κ3) is 4.04. The fourth-order valence-corrected chi connectivity index (χ4v) is 0.557. The maximum atomic E-state index is 3.79. The van der Waals surface area contributed by atoms with E-state index in [4.69, 9.17) is 0 Å². The molecule has 0 spiro atoms. The van der Waals surface area contributed by atoms with Gasteiger partial charge in [0.15, 0.2) is 0 Å². The molecule has 0 radical (unpaired) electrons. The molecular weight excluding hydrogens is 124 g/mol. The summed E-state index contributed by atoms with van der Waals surface area (Å²) in [6, 6.07) is 0. The van der Waals surface area contributed by atoms with Crippen LogP contribution in [0, 0.1) is 0 Å². The fourth-order valence-electron chi connectivity index (χ4n) is 0.557. The summed E-state index contributed by atoms with van der Waals surface area (Å²) in [7, 11) is 0. The van der Waals surface area contributed by atoms with Gasteiger partial charge in [-0.3, -0.25) is 4.99 Å². The molecule has 0 fully saturated rings. The molecule has 0 aliphatic heterocycles. The van der Waals surface area contributed by atoms with Gasteiger partial charge in [0.05, 0.1) is 5.70 Å². The quantitative estimate of drug-likeness (QED) is 0.450. The molecular formula is C8H14N2. The van der Waals surface area contributed by atoms with Crippen molar-refractivity contribution in [2.75, 3.05) is 13.1 Å². The van der Waals surface area contributed by atoms with E-state index in [1.165, 1.54) is 0 Å². The van der Waals surface area contributed by atoms with Crippen molar-refractivity contribution in [2.45, 2.75) is 6.92 Å². The van der Waals surface area contributed by atoms with Gasteiger partial charge < -0.3 is 5.32 Å². The number of hydrogen-bond acceptors (Lipinski definition) is 2. The van der Waals surface area contributed by atoms with Gasteiger partial charge in [-0.15, -0.1) is 0 Å². The van der Waals surface area contributed by atoms with Gasteiger partial charge in [-0.2, -0.15) is 0 Å². The van der Waals surface area contributed by atoms with Gasteiger partial charge in [0.2, 0.25) is 0 Å². The Morgan fingerprint density at radius 1 is 1.70 bits per heavy atom. The largest absolute Gasteiger partial charge is 0.311 e.